The summed E-state index contributed by atoms with van der Waals surface area (Å²) < 4.78 is 0.724. The molecule has 0 aliphatic heterocycles. The van der Waals surface area contributed by atoms with Crippen molar-refractivity contribution < 1.29 is 0 Å². The predicted molar refractivity (Wildman–Crippen MR) is 57.7 cm³/mol. The lowest BCUT2D eigenvalue weighted by Crippen LogP contribution is -2.23. The number of nitrogens with two attached hydrogens (primary N) is 1. The number of nitrogen functional groups attached to an aromatic ring is 1. The van der Waals surface area contributed by atoms with Gasteiger partial charge in [-0.25, -0.2) is 4.98 Å². The van der Waals surface area contributed by atoms with Gasteiger partial charge < -0.3 is 10.6 Å². The Kier molecular flexibility index (Phi) is 3.48. The number of hydrogen-bond donors (Lipinski definition) is 1. The van der Waals surface area contributed by atoms with Crippen LogP contribution in [0.1, 0.15) is 13.8 Å². The average Bonchev–Trinajstić information content (AvgIpc) is 2.04. The van der Waals surface area contributed by atoms with Gasteiger partial charge in [-0.2, -0.15) is 4.98 Å². The van der Waals surface area contributed by atoms with E-state index in [4.69, 9.17) is 5.73 Å². The maximum Gasteiger partial charge on any atom is 0.223 e. The zero-order chi connectivity index (χ0) is 9.84. The highest BCUT2D eigenvalue weighted by molar-refractivity contribution is 9.10. The lowest BCUT2D eigenvalue weighted by molar-refractivity contribution is 0.842. The Balaban J connectivity index is 2.99. The number of halogens is 1. The molecular weight excluding hydrogens is 232 g/mol. The fourth-order valence-corrected chi connectivity index (χ4v) is 1.52. The van der Waals surface area contributed by atoms with E-state index in [1.165, 1.54) is 0 Å². The summed E-state index contributed by atoms with van der Waals surface area (Å²) in [5.41, 5.74) is 5.53. The molecule has 1 aromatic rings. The van der Waals surface area contributed by atoms with Crippen molar-refractivity contribution in [1.29, 1.82) is 0 Å². The topological polar surface area (TPSA) is 55.0 Å². The highest BCUT2D eigenvalue weighted by atomic mass is 79.9. The quantitative estimate of drug-likeness (QED) is 0.823. The molecule has 0 bridgehead atoms. The number of hydrogen-bond acceptors (Lipinski definition) is 4. The minimum atomic E-state index is 0.302. The van der Waals surface area contributed by atoms with Crippen LogP contribution >= 0.6 is 15.9 Å². The highest BCUT2D eigenvalue weighted by Crippen LogP contribution is 2.16. The zero-order valence-electron chi connectivity index (χ0n) is 7.79. The number of anilines is 2. The van der Waals surface area contributed by atoms with Crippen molar-refractivity contribution in [2.75, 3.05) is 23.7 Å². The van der Waals surface area contributed by atoms with E-state index in [0.29, 0.717) is 5.95 Å². The number of rotatable bonds is 3. The van der Waals surface area contributed by atoms with Crippen LogP contribution in [0.15, 0.2) is 10.7 Å². The van der Waals surface area contributed by atoms with Crippen LogP contribution in [0.3, 0.4) is 0 Å². The molecule has 13 heavy (non-hydrogen) atoms. The summed E-state index contributed by atoms with van der Waals surface area (Å²) in [5, 5.41) is 0. The fraction of sp³-hybridized carbons (Fsp3) is 0.500. The molecule has 0 radical (unpaired) electrons. The van der Waals surface area contributed by atoms with E-state index >= 15 is 0 Å². The molecule has 0 amide bonds. The lowest BCUT2D eigenvalue weighted by Gasteiger charge is -2.19. The molecule has 1 rings (SSSR count). The molecule has 0 saturated heterocycles. The minimum Gasteiger partial charge on any atom is -0.368 e. The van der Waals surface area contributed by atoms with E-state index < -0.39 is 0 Å². The summed E-state index contributed by atoms with van der Waals surface area (Å²) in [6.45, 7) is 5.99. The van der Waals surface area contributed by atoms with Crippen LogP contribution in [0, 0.1) is 0 Å². The third-order valence-electron chi connectivity index (χ3n) is 1.79. The zero-order valence-corrected chi connectivity index (χ0v) is 9.37. The van der Waals surface area contributed by atoms with E-state index in [1.807, 2.05) is 6.07 Å². The van der Waals surface area contributed by atoms with Gasteiger partial charge in [0.2, 0.25) is 5.95 Å². The van der Waals surface area contributed by atoms with E-state index in [2.05, 4.69) is 44.6 Å². The summed E-state index contributed by atoms with van der Waals surface area (Å²) in [5.74, 6) is 1.17. The fourth-order valence-electron chi connectivity index (χ4n) is 1.13. The molecule has 1 heterocycles. The molecular formula is C8H13BrN4. The van der Waals surface area contributed by atoms with Crippen LogP contribution in [-0.2, 0) is 0 Å². The SMILES string of the molecule is CCN(CC)c1cc(Br)nc(N)n1. The maximum absolute atomic E-state index is 5.53. The molecule has 2 N–H and O–H groups in total. The molecule has 0 aliphatic carbocycles. The van der Waals surface area contributed by atoms with Crippen LogP contribution in [-0.4, -0.2) is 23.1 Å². The molecule has 0 saturated carbocycles. The average molecular weight is 245 g/mol. The van der Waals surface area contributed by atoms with Crippen molar-refractivity contribution in [2.24, 2.45) is 0 Å². The van der Waals surface area contributed by atoms with Crippen LogP contribution < -0.4 is 10.6 Å². The molecule has 0 aliphatic rings. The second-order valence-corrected chi connectivity index (χ2v) is 3.39. The first-order valence-electron chi connectivity index (χ1n) is 4.22. The molecule has 72 valence electrons. The van der Waals surface area contributed by atoms with Crippen molar-refractivity contribution >= 4 is 27.7 Å². The Hall–Kier alpha value is -0.840. The molecule has 0 unspecified atom stereocenters. The third-order valence-corrected chi connectivity index (χ3v) is 2.19. The second kappa shape index (κ2) is 4.41. The van der Waals surface area contributed by atoms with Gasteiger partial charge in [0.1, 0.15) is 10.4 Å². The first-order valence-corrected chi connectivity index (χ1v) is 5.01. The van der Waals surface area contributed by atoms with Crippen LogP contribution in [0.5, 0.6) is 0 Å². The van der Waals surface area contributed by atoms with Gasteiger partial charge in [0.25, 0.3) is 0 Å². The molecule has 5 heteroatoms. The Morgan fingerprint density at radius 3 is 2.46 bits per heavy atom. The van der Waals surface area contributed by atoms with Crippen molar-refractivity contribution in [3.05, 3.63) is 10.7 Å². The van der Waals surface area contributed by atoms with Crippen LogP contribution in [0.25, 0.3) is 0 Å². The van der Waals surface area contributed by atoms with Gasteiger partial charge in [-0.1, -0.05) is 0 Å². The van der Waals surface area contributed by atoms with Gasteiger partial charge in [-0.05, 0) is 29.8 Å². The van der Waals surface area contributed by atoms with Gasteiger partial charge in [0.15, 0.2) is 0 Å². The van der Waals surface area contributed by atoms with Gasteiger partial charge in [-0.3, -0.25) is 0 Å². The Morgan fingerprint density at radius 1 is 1.38 bits per heavy atom. The summed E-state index contributed by atoms with van der Waals surface area (Å²) in [7, 11) is 0. The largest absolute Gasteiger partial charge is 0.368 e. The van der Waals surface area contributed by atoms with Crippen LogP contribution in [0.4, 0.5) is 11.8 Å². The Labute approximate surface area is 86.3 Å². The lowest BCUT2D eigenvalue weighted by atomic mass is 10.4. The Bertz CT molecular complexity index is 265. The highest BCUT2D eigenvalue weighted by Gasteiger charge is 2.05. The number of nitrogens with zero attached hydrogens (tertiary/aromatic N) is 3. The summed E-state index contributed by atoms with van der Waals surface area (Å²) >= 11 is 3.28. The third kappa shape index (κ3) is 2.55. The van der Waals surface area contributed by atoms with E-state index in [0.717, 1.165) is 23.5 Å². The van der Waals surface area contributed by atoms with Crippen molar-refractivity contribution in [3.8, 4) is 0 Å². The standard InChI is InChI=1S/C8H13BrN4/c1-3-13(4-2)7-5-6(9)11-8(10)12-7/h5H,3-4H2,1-2H3,(H2,10,11,12). The van der Waals surface area contributed by atoms with Gasteiger partial charge >= 0.3 is 0 Å². The first-order chi connectivity index (χ1) is 6.17. The molecule has 0 spiro atoms. The summed E-state index contributed by atoms with van der Waals surface area (Å²) in [6, 6.07) is 1.86. The smallest absolute Gasteiger partial charge is 0.223 e. The second-order valence-electron chi connectivity index (χ2n) is 2.58. The normalized spacial score (nSPS) is 10.1. The number of aromatic nitrogens is 2. The van der Waals surface area contributed by atoms with E-state index in [1.54, 1.807) is 0 Å². The minimum absolute atomic E-state index is 0.302. The molecule has 0 atom stereocenters. The molecule has 0 aromatic carbocycles. The molecule has 0 fully saturated rings. The van der Waals surface area contributed by atoms with Gasteiger partial charge in [0, 0.05) is 19.2 Å². The van der Waals surface area contributed by atoms with E-state index in [-0.39, 0.29) is 0 Å². The summed E-state index contributed by atoms with van der Waals surface area (Å²) in [6.07, 6.45) is 0. The summed E-state index contributed by atoms with van der Waals surface area (Å²) in [4.78, 5) is 10.2. The monoisotopic (exact) mass is 244 g/mol. The van der Waals surface area contributed by atoms with Gasteiger partial charge in [-0.15, -0.1) is 0 Å². The first kappa shape index (κ1) is 10.2. The predicted octanol–water partition coefficient (Wildman–Crippen LogP) is 1.67. The van der Waals surface area contributed by atoms with Gasteiger partial charge in [0.05, 0.1) is 0 Å². The molecule has 1 aromatic heterocycles. The maximum atomic E-state index is 5.53. The molecule has 4 nitrogen and oxygen atoms in total. The van der Waals surface area contributed by atoms with Crippen LogP contribution in [0.2, 0.25) is 0 Å². The van der Waals surface area contributed by atoms with Crippen molar-refractivity contribution in [2.45, 2.75) is 13.8 Å². The van der Waals surface area contributed by atoms with E-state index in [9.17, 15) is 0 Å². The van der Waals surface area contributed by atoms with Crippen molar-refractivity contribution in [3.63, 3.8) is 0 Å². The van der Waals surface area contributed by atoms with Crippen molar-refractivity contribution in [1.82, 2.24) is 9.97 Å². The Morgan fingerprint density at radius 2 is 2.00 bits per heavy atom.